The molecule has 1 heterocycles. The van der Waals surface area contributed by atoms with E-state index in [4.69, 9.17) is 4.74 Å². The Morgan fingerprint density at radius 2 is 2.13 bits per heavy atom. The Kier molecular flexibility index (Phi) is 3.11. The molecule has 0 amide bonds. The second-order valence-corrected chi connectivity index (χ2v) is 3.86. The second-order valence-electron chi connectivity index (χ2n) is 3.86. The van der Waals surface area contributed by atoms with Gasteiger partial charge in [0, 0.05) is 25.2 Å². The van der Waals surface area contributed by atoms with Gasteiger partial charge in [0.1, 0.15) is 5.82 Å². The number of carbonyl (C=O) groups excluding carboxylic acids is 1. The minimum Gasteiger partial charge on any atom is -0.381 e. The van der Waals surface area contributed by atoms with Crippen LogP contribution in [0.2, 0.25) is 0 Å². The van der Waals surface area contributed by atoms with Gasteiger partial charge in [0.25, 0.3) is 0 Å². The SMILES string of the molecule is O=C(C[C@H]1CCOC1)c1ccc(F)cc1. The number of hydrogen-bond donors (Lipinski definition) is 0. The molecule has 0 radical (unpaired) electrons. The molecule has 0 N–H and O–H groups in total. The van der Waals surface area contributed by atoms with Gasteiger partial charge in [-0.05, 0) is 36.6 Å². The van der Waals surface area contributed by atoms with E-state index in [1.807, 2.05) is 0 Å². The summed E-state index contributed by atoms with van der Waals surface area (Å²) in [5, 5.41) is 0. The van der Waals surface area contributed by atoms with Crippen LogP contribution in [0.4, 0.5) is 4.39 Å². The first-order valence-corrected chi connectivity index (χ1v) is 5.12. The van der Waals surface area contributed by atoms with Gasteiger partial charge in [0.15, 0.2) is 5.78 Å². The van der Waals surface area contributed by atoms with E-state index in [1.165, 1.54) is 24.3 Å². The lowest BCUT2D eigenvalue weighted by Crippen LogP contribution is -2.08. The standard InChI is InChI=1S/C12H13FO2/c13-11-3-1-10(2-4-11)12(14)7-9-5-6-15-8-9/h1-4,9H,5-8H2/t9-/m1/s1. The number of ether oxygens (including phenoxy) is 1. The van der Waals surface area contributed by atoms with Crippen LogP contribution in [0.1, 0.15) is 23.2 Å². The maximum Gasteiger partial charge on any atom is 0.163 e. The summed E-state index contributed by atoms with van der Waals surface area (Å²) in [7, 11) is 0. The summed E-state index contributed by atoms with van der Waals surface area (Å²) in [6.07, 6.45) is 1.46. The number of carbonyl (C=O) groups is 1. The van der Waals surface area contributed by atoms with Crippen LogP contribution in [0.5, 0.6) is 0 Å². The summed E-state index contributed by atoms with van der Waals surface area (Å²) in [6.45, 7) is 1.42. The van der Waals surface area contributed by atoms with Crippen molar-refractivity contribution in [1.29, 1.82) is 0 Å². The largest absolute Gasteiger partial charge is 0.381 e. The molecule has 2 rings (SSSR count). The van der Waals surface area contributed by atoms with E-state index in [9.17, 15) is 9.18 Å². The third kappa shape index (κ3) is 2.63. The molecular formula is C12H13FO2. The fraction of sp³-hybridized carbons (Fsp3) is 0.417. The second kappa shape index (κ2) is 4.53. The normalized spacial score (nSPS) is 20.5. The molecule has 0 spiro atoms. The van der Waals surface area contributed by atoms with Gasteiger partial charge in [-0.1, -0.05) is 0 Å². The molecule has 0 bridgehead atoms. The average Bonchev–Trinajstić information content (AvgIpc) is 2.71. The molecule has 1 aromatic carbocycles. The Morgan fingerprint density at radius 3 is 2.73 bits per heavy atom. The van der Waals surface area contributed by atoms with Crippen molar-refractivity contribution >= 4 is 5.78 Å². The van der Waals surface area contributed by atoms with Gasteiger partial charge in [-0.15, -0.1) is 0 Å². The van der Waals surface area contributed by atoms with Gasteiger partial charge in [-0.25, -0.2) is 4.39 Å². The molecule has 3 heteroatoms. The molecule has 1 atom stereocenters. The minimum atomic E-state index is -0.309. The smallest absolute Gasteiger partial charge is 0.163 e. The van der Waals surface area contributed by atoms with Gasteiger partial charge < -0.3 is 4.74 Å². The van der Waals surface area contributed by atoms with Crippen LogP contribution in [0.25, 0.3) is 0 Å². The van der Waals surface area contributed by atoms with Crippen molar-refractivity contribution in [3.63, 3.8) is 0 Å². The summed E-state index contributed by atoms with van der Waals surface area (Å²) in [5.74, 6) is 0.101. The lowest BCUT2D eigenvalue weighted by Gasteiger charge is -2.05. The highest BCUT2D eigenvalue weighted by molar-refractivity contribution is 5.96. The lowest BCUT2D eigenvalue weighted by atomic mass is 9.98. The highest BCUT2D eigenvalue weighted by Crippen LogP contribution is 2.19. The number of benzene rings is 1. The first kappa shape index (κ1) is 10.3. The molecule has 0 aliphatic carbocycles. The summed E-state index contributed by atoms with van der Waals surface area (Å²) >= 11 is 0. The molecule has 1 aliphatic heterocycles. The molecular weight excluding hydrogens is 195 g/mol. The summed E-state index contributed by atoms with van der Waals surface area (Å²) in [5.41, 5.74) is 0.586. The predicted octanol–water partition coefficient (Wildman–Crippen LogP) is 2.44. The number of halogens is 1. The highest BCUT2D eigenvalue weighted by Gasteiger charge is 2.19. The fourth-order valence-corrected chi connectivity index (χ4v) is 1.76. The van der Waals surface area contributed by atoms with Gasteiger partial charge in [-0.2, -0.15) is 0 Å². The quantitative estimate of drug-likeness (QED) is 0.713. The minimum absolute atomic E-state index is 0.0745. The molecule has 0 unspecified atom stereocenters. The third-order valence-electron chi connectivity index (χ3n) is 2.66. The molecule has 1 aromatic rings. The van der Waals surface area contributed by atoms with E-state index in [0.717, 1.165) is 13.0 Å². The molecule has 0 saturated carbocycles. The Labute approximate surface area is 88.1 Å². The summed E-state index contributed by atoms with van der Waals surface area (Å²) in [6, 6.07) is 5.71. The van der Waals surface area contributed by atoms with Gasteiger partial charge in [0.05, 0.1) is 0 Å². The average molecular weight is 208 g/mol. The molecule has 15 heavy (non-hydrogen) atoms. The van der Waals surface area contributed by atoms with Crippen molar-refractivity contribution in [1.82, 2.24) is 0 Å². The number of Topliss-reactive ketones (excluding diaryl/α,β-unsaturated/α-hetero) is 1. The maximum atomic E-state index is 12.6. The van der Waals surface area contributed by atoms with Crippen LogP contribution in [0, 0.1) is 11.7 Å². The molecule has 80 valence electrons. The maximum absolute atomic E-state index is 12.6. The van der Waals surface area contributed by atoms with Crippen LogP contribution in [-0.2, 0) is 4.74 Å². The van der Waals surface area contributed by atoms with Crippen LogP contribution in [-0.4, -0.2) is 19.0 Å². The molecule has 0 aromatic heterocycles. The number of hydrogen-bond acceptors (Lipinski definition) is 2. The number of rotatable bonds is 3. The highest BCUT2D eigenvalue weighted by atomic mass is 19.1. The molecule has 1 aliphatic rings. The van der Waals surface area contributed by atoms with Gasteiger partial charge >= 0.3 is 0 Å². The van der Waals surface area contributed by atoms with Crippen molar-refractivity contribution in [2.45, 2.75) is 12.8 Å². The van der Waals surface area contributed by atoms with Crippen LogP contribution < -0.4 is 0 Å². The zero-order valence-electron chi connectivity index (χ0n) is 8.41. The predicted molar refractivity (Wildman–Crippen MR) is 54.3 cm³/mol. The van der Waals surface area contributed by atoms with Crippen LogP contribution in [0.15, 0.2) is 24.3 Å². The van der Waals surface area contributed by atoms with E-state index in [1.54, 1.807) is 0 Å². The van der Waals surface area contributed by atoms with Gasteiger partial charge in [0.2, 0.25) is 0 Å². The van der Waals surface area contributed by atoms with Crippen molar-refractivity contribution in [3.05, 3.63) is 35.6 Å². The molecule has 1 saturated heterocycles. The van der Waals surface area contributed by atoms with E-state index >= 15 is 0 Å². The Hall–Kier alpha value is -1.22. The van der Waals surface area contributed by atoms with E-state index in [-0.39, 0.29) is 11.6 Å². The first-order valence-electron chi connectivity index (χ1n) is 5.12. The molecule has 2 nitrogen and oxygen atoms in total. The summed E-state index contributed by atoms with van der Waals surface area (Å²) < 4.78 is 17.8. The van der Waals surface area contributed by atoms with Crippen LogP contribution in [0.3, 0.4) is 0 Å². The Bertz CT molecular complexity index is 339. The zero-order chi connectivity index (χ0) is 10.7. The van der Waals surface area contributed by atoms with Crippen LogP contribution >= 0.6 is 0 Å². The molecule has 1 fully saturated rings. The van der Waals surface area contributed by atoms with Crippen molar-refractivity contribution in [2.75, 3.05) is 13.2 Å². The monoisotopic (exact) mass is 208 g/mol. The van der Waals surface area contributed by atoms with Crippen molar-refractivity contribution < 1.29 is 13.9 Å². The topological polar surface area (TPSA) is 26.3 Å². The zero-order valence-corrected chi connectivity index (χ0v) is 8.41. The lowest BCUT2D eigenvalue weighted by molar-refractivity contribution is 0.0952. The van der Waals surface area contributed by atoms with Crippen molar-refractivity contribution in [3.8, 4) is 0 Å². The van der Waals surface area contributed by atoms with E-state index in [0.29, 0.717) is 24.5 Å². The third-order valence-corrected chi connectivity index (χ3v) is 2.66. The Balaban J connectivity index is 1.98. The van der Waals surface area contributed by atoms with Crippen molar-refractivity contribution in [2.24, 2.45) is 5.92 Å². The summed E-state index contributed by atoms with van der Waals surface area (Å²) in [4.78, 5) is 11.7. The fourth-order valence-electron chi connectivity index (χ4n) is 1.76. The van der Waals surface area contributed by atoms with Gasteiger partial charge in [-0.3, -0.25) is 4.79 Å². The first-order chi connectivity index (χ1) is 7.25. The Morgan fingerprint density at radius 1 is 1.40 bits per heavy atom. The van der Waals surface area contributed by atoms with E-state index in [2.05, 4.69) is 0 Å². The number of ketones is 1. The van der Waals surface area contributed by atoms with E-state index < -0.39 is 0 Å².